The number of nitrogen functional groups attached to an aromatic ring is 1. The molecule has 0 aliphatic carbocycles. The summed E-state index contributed by atoms with van der Waals surface area (Å²) in [6, 6.07) is 3.18. The summed E-state index contributed by atoms with van der Waals surface area (Å²) in [4.78, 5) is 4.28. The molecule has 0 aliphatic rings. The van der Waals surface area contributed by atoms with Crippen molar-refractivity contribution in [2.24, 2.45) is 7.05 Å². The molecule has 2 heterocycles. The van der Waals surface area contributed by atoms with Crippen LogP contribution in [0.15, 0.2) is 29.0 Å². The minimum Gasteiger partial charge on any atom is -0.397 e. The molecule has 0 bridgehead atoms. The highest BCUT2D eigenvalue weighted by Gasteiger charge is 2.16. The van der Waals surface area contributed by atoms with E-state index in [1.54, 1.807) is 36.3 Å². The van der Waals surface area contributed by atoms with E-state index in [-0.39, 0.29) is 5.89 Å². The zero-order valence-corrected chi connectivity index (χ0v) is 11.9. The van der Waals surface area contributed by atoms with Gasteiger partial charge in [-0.25, -0.2) is 0 Å². The van der Waals surface area contributed by atoms with E-state index in [1.165, 1.54) is 0 Å². The fraction of sp³-hybridized carbons (Fsp3) is 0.0833. The monoisotopic (exact) mass is 309 g/mol. The molecule has 0 saturated carbocycles. The molecule has 3 aromatic rings. The van der Waals surface area contributed by atoms with Gasteiger partial charge in [-0.3, -0.25) is 4.68 Å². The molecule has 0 spiro atoms. The summed E-state index contributed by atoms with van der Waals surface area (Å²) in [5.41, 5.74) is 7.49. The summed E-state index contributed by atoms with van der Waals surface area (Å²) in [6.07, 6.45) is 3.42. The van der Waals surface area contributed by atoms with Crippen LogP contribution in [-0.2, 0) is 7.05 Å². The Balaban J connectivity index is 2.06. The van der Waals surface area contributed by atoms with Crippen LogP contribution in [0.25, 0.3) is 22.8 Å². The topological polar surface area (TPSA) is 82.8 Å². The Morgan fingerprint density at radius 3 is 2.80 bits per heavy atom. The van der Waals surface area contributed by atoms with Gasteiger partial charge in [-0.2, -0.15) is 10.1 Å². The second-order valence-electron chi connectivity index (χ2n) is 4.17. The molecule has 8 heteroatoms. The summed E-state index contributed by atoms with van der Waals surface area (Å²) >= 11 is 11.9. The maximum atomic E-state index is 5.98. The van der Waals surface area contributed by atoms with Gasteiger partial charge < -0.3 is 10.3 Å². The Kier molecular flexibility index (Phi) is 3.11. The molecule has 2 aromatic heterocycles. The van der Waals surface area contributed by atoms with Gasteiger partial charge in [0.1, 0.15) is 0 Å². The van der Waals surface area contributed by atoms with E-state index >= 15 is 0 Å². The van der Waals surface area contributed by atoms with Crippen molar-refractivity contribution in [3.63, 3.8) is 0 Å². The highest BCUT2D eigenvalue weighted by atomic mass is 35.5. The Morgan fingerprint density at radius 2 is 2.10 bits per heavy atom. The van der Waals surface area contributed by atoms with Gasteiger partial charge in [0.15, 0.2) is 0 Å². The number of anilines is 1. The van der Waals surface area contributed by atoms with Crippen molar-refractivity contribution in [2.45, 2.75) is 0 Å². The van der Waals surface area contributed by atoms with Crippen molar-refractivity contribution in [1.82, 2.24) is 19.9 Å². The van der Waals surface area contributed by atoms with Crippen molar-refractivity contribution in [2.75, 3.05) is 5.73 Å². The van der Waals surface area contributed by atoms with E-state index in [0.717, 1.165) is 5.56 Å². The van der Waals surface area contributed by atoms with E-state index in [4.69, 9.17) is 33.5 Å². The lowest BCUT2D eigenvalue weighted by Crippen LogP contribution is -1.92. The van der Waals surface area contributed by atoms with E-state index in [9.17, 15) is 0 Å². The lowest BCUT2D eigenvalue weighted by molar-refractivity contribution is 0.432. The van der Waals surface area contributed by atoms with Gasteiger partial charge in [-0.15, -0.1) is 0 Å². The first-order valence-corrected chi connectivity index (χ1v) is 6.38. The predicted molar refractivity (Wildman–Crippen MR) is 76.4 cm³/mol. The van der Waals surface area contributed by atoms with E-state index < -0.39 is 0 Å². The Morgan fingerprint density at radius 1 is 1.30 bits per heavy atom. The van der Waals surface area contributed by atoms with Gasteiger partial charge in [0, 0.05) is 18.3 Å². The average Bonchev–Trinajstić information content (AvgIpc) is 3.02. The summed E-state index contributed by atoms with van der Waals surface area (Å²) in [5.74, 6) is 0.675. The van der Waals surface area contributed by atoms with Crippen LogP contribution in [0.4, 0.5) is 5.69 Å². The molecule has 3 rings (SSSR count). The second-order valence-corrected chi connectivity index (χ2v) is 5.02. The molecule has 0 fully saturated rings. The first kappa shape index (κ1) is 13.0. The molecular weight excluding hydrogens is 301 g/mol. The molecular formula is C12H9Cl2N5O. The second kappa shape index (κ2) is 4.81. The smallest absolute Gasteiger partial charge is 0.260 e. The van der Waals surface area contributed by atoms with E-state index in [1.807, 2.05) is 0 Å². The summed E-state index contributed by atoms with van der Waals surface area (Å²) in [6.45, 7) is 0. The average molecular weight is 310 g/mol. The molecule has 0 atom stereocenters. The Hall–Kier alpha value is -2.05. The third kappa shape index (κ3) is 2.23. The van der Waals surface area contributed by atoms with Gasteiger partial charge >= 0.3 is 0 Å². The van der Waals surface area contributed by atoms with E-state index in [0.29, 0.717) is 27.1 Å². The minimum absolute atomic E-state index is 0.255. The molecule has 6 nitrogen and oxygen atoms in total. The summed E-state index contributed by atoms with van der Waals surface area (Å²) < 4.78 is 6.86. The van der Waals surface area contributed by atoms with Crippen LogP contribution < -0.4 is 5.73 Å². The fourth-order valence-corrected chi connectivity index (χ4v) is 2.24. The van der Waals surface area contributed by atoms with Crippen LogP contribution in [0.5, 0.6) is 0 Å². The Bertz CT molecular complexity index is 780. The molecule has 20 heavy (non-hydrogen) atoms. The van der Waals surface area contributed by atoms with Crippen molar-refractivity contribution in [3.05, 3.63) is 34.6 Å². The number of aryl methyl sites for hydroxylation is 1. The van der Waals surface area contributed by atoms with Crippen LogP contribution in [0.3, 0.4) is 0 Å². The molecule has 0 unspecified atom stereocenters. The van der Waals surface area contributed by atoms with Crippen molar-refractivity contribution >= 4 is 28.9 Å². The molecule has 102 valence electrons. The summed E-state index contributed by atoms with van der Waals surface area (Å²) in [7, 11) is 1.80. The van der Waals surface area contributed by atoms with Crippen molar-refractivity contribution in [1.29, 1.82) is 0 Å². The van der Waals surface area contributed by atoms with Gasteiger partial charge in [-0.05, 0) is 12.1 Å². The highest BCUT2D eigenvalue weighted by Crippen LogP contribution is 2.34. The third-order valence-corrected chi connectivity index (χ3v) is 3.24. The number of hydrogen-bond acceptors (Lipinski definition) is 5. The van der Waals surface area contributed by atoms with Gasteiger partial charge in [0.25, 0.3) is 5.89 Å². The molecule has 1 aromatic carbocycles. The van der Waals surface area contributed by atoms with Crippen LogP contribution in [0.2, 0.25) is 10.0 Å². The van der Waals surface area contributed by atoms with Crippen LogP contribution in [0.1, 0.15) is 0 Å². The fourth-order valence-electron chi connectivity index (χ4n) is 1.75. The van der Waals surface area contributed by atoms with E-state index in [2.05, 4.69) is 15.2 Å². The Labute approximate surface area is 124 Å². The largest absolute Gasteiger partial charge is 0.397 e. The number of rotatable bonds is 2. The maximum absolute atomic E-state index is 5.98. The van der Waals surface area contributed by atoms with Crippen molar-refractivity contribution in [3.8, 4) is 22.8 Å². The number of nitrogens with two attached hydrogens (primary N) is 1. The number of benzene rings is 1. The van der Waals surface area contributed by atoms with Crippen LogP contribution in [-0.4, -0.2) is 19.9 Å². The minimum atomic E-state index is 0.255. The highest BCUT2D eigenvalue weighted by molar-refractivity contribution is 6.37. The molecule has 0 aliphatic heterocycles. The standard InChI is InChI=1S/C12H9Cl2N5O/c1-19-5-6(4-16-19)11-17-12(20-18-11)8-2-7(13)3-9(14)10(8)15/h2-5H,15H2,1H3. The zero-order valence-electron chi connectivity index (χ0n) is 10.3. The predicted octanol–water partition coefficient (Wildman–Crippen LogP) is 3.03. The third-order valence-electron chi connectivity index (χ3n) is 2.71. The zero-order chi connectivity index (χ0) is 14.3. The molecule has 2 N–H and O–H groups in total. The van der Waals surface area contributed by atoms with Crippen LogP contribution in [0, 0.1) is 0 Å². The first-order valence-electron chi connectivity index (χ1n) is 5.62. The number of nitrogens with zero attached hydrogens (tertiary/aromatic N) is 4. The number of aromatic nitrogens is 4. The maximum Gasteiger partial charge on any atom is 0.260 e. The van der Waals surface area contributed by atoms with Gasteiger partial charge in [0.05, 0.1) is 28.0 Å². The summed E-state index contributed by atoms with van der Waals surface area (Å²) in [5, 5.41) is 8.73. The lowest BCUT2D eigenvalue weighted by atomic mass is 10.2. The van der Waals surface area contributed by atoms with Crippen molar-refractivity contribution < 1.29 is 4.52 Å². The number of hydrogen-bond donors (Lipinski definition) is 1. The van der Waals surface area contributed by atoms with Gasteiger partial charge in [0.2, 0.25) is 5.82 Å². The molecule has 0 amide bonds. The van der Waals surface area contributed by atoms with Crippen LogP contribution >= 0.6 is 23.2 Å². The normalized spacial score (nSPS) is 10.9. The number of halogens is 2. The van der Waals surface area contributed by atoms with Gasteiger partial charge in [-0.1, -0.05) is 28.4 Å². The quantitative estimate of drug-likeness (QED) is 0.736. The SMILES string of the molecule is Cn1cc(-c2noc(-c3cc(Cl)cc(Cl)c3N)n2)cn1. The molecule has 0 saturated heterocycles. The first-order chi connectivity index (χ1) is 9.54. The lowest BCUT2D eigenvalue weighted by Gasteiger charge is -2.03. The molecule has 0 radical (unpaired) electrons.